The van der Waals surface area contributed by atoms with Gasteiger partial charge in [-0.2, -0.15) is 0 Å². The molecule has 3 aromatic rings. The van der Waals surface area contributed by atoms with E-state index >= 15 is 0 Å². The molecular weight excluding hydrogens is 380 g/mol. The fraction of sp³-hybridized carbons (Fsp3) is 0.364. The van der Waals surface area contributed by atoms with Crippen LogP contribution in [0.25, 0.3) is 0 Å². The molecular formula is C22H24N6O2. The summed E-state index contributed by atoms with van der Waals surface area (Å²) in [6.07, 6.45) is 10.9. The Kier molecular flexibility index (Phi) is 5.28. The molecule has 0 N–H and O–H groups in total. The van der Waals surface area contributed by atoms with Crippen molar-refractivity contribution < 1.29 is 9.47 Å². The van der Waals surface area contributed by atoms with Gasteiger partial charge in [0.25, 0.3) is 0 Å². The molecule has 0 aromatic carbocycles. The summed E-state index contributed by atoms with van der Waals surface area (Å²) in [5.41, 5.74) is 0. The first-order valence-corrected chi connectivity index (χ1v) is 10.3. The first kappa shape index (κ1) is 18.6. The Bertz CT molecular complexity index is 883. The largest absolute Gasteiger partial charge is 0.488 e. The maximum atomic E-state index is 6.07. The molecule has 0 radical (unpaired) electrons. The van der Waals surface area contributed by atoms with Crippen LogP contribution in [0.1, 0.15) is 12.8 Å². The molecule has 154 valence electrons. The third-order valence-electron chi connectivity index (χ3n) is 5.48. The Balaban J connectivity index is 1.20. The number of ether oxygens (including phenoxy) is 2. The molecule has 2 unspecified atom stereocenters. The standard InChI is InChI=1S/C22H24N6O2/c1-7-23-8-2-17(1)29-19-5-11-27(14-19)21-13-22(26-16-25-21)28-12-6-20(15-28)30-18-3-9-24-10-4-18/h1-4,7-10,13,16,19-20H,5-6,11-12,14-15H2. The molecule has 3 aromatic heterocycles. The average Bonchev–Trinajstić information content (AvgIpc) is 3.45. The van der Waals surface area contributed by atoms with Gasteiger partial charge in [-0.05, 0) is 24.3 Å². The van der Waals surface area contributed by atoms with Crippen LogP contribution in [0.15, 0.2) is 61.4 Å². The van der Waals surface area contributed by atoms with E-state index in [1.165, 1.54) is 0 Å². The summed E-state index contributed by atoms with van der Waals surface area (Å²) in [5, 5.41) is 0. The lowest BCUT2D eigenvalue weighted by Crippen LogP contribution is -2.27. The average molecular weight is 404 g/mol. The number of anilines is 2. The molecule has 5 rings (SSSR count). The van der Waals surface area contributed by atoms with Gasteiger partial charge in [-0.15, -0.1) is 0 Å². The zero-order valence-corrected chi connectivity index (χ0v) is 16.7. The van der Waals surface area contributed by atoms with E-state index < -0.39 is 0 Å². The maximum absolute atomic E-state index is 6.07. The zero-order valence-electron chi connectivity index (χ0n) is 16.7. The van der Waals surface area contributed by atoms with Gasteiger partial charge in [0.05, 0.1) is 13.1 Å². The second-order valence-electron chi connectivity index (χ2n) is 7.55. The van der Waals surface area contributed by atoms with E-state index in [2.05, 4.69) is 35.8 Å². The highest BCUT2D eigenvalue weighted by molar-refractivity contribution is 5.51. The van der Waals surface area contributed by atoms with Crippen molar-refractivity contribution in [2.24, 2.45) is 0 Å². The van der Waals surface area contributed by atoms with Crippen molar-refractivity contribution in [2.75, 3.05) is 36.0 Å². The van der Waals surface area contributed by atoms with Gasteiger partial charge < -0.3 is 19.3 Å². The molecule has 8 heteroatoms. The molecule has 30 heavy (non-hydrogen) atoms. The fourth-order valence-electron chi connectivity index (χ4n) is 3.97. The van der Waals surface area contributed by atoms with Crippen molar-refractivity contribution in [3.8, 4) is 11.5 Å². The summed E-state index contributed by atoms with van der Waals surface area (Å²) in [7, 11) is 0. The number of pyridine rings is 2. The van der Waals surface area contributed by atoms with Gasteiger partial charge in [-0.1, -0.05) is 0 Å². The lowest BCUT2D eigenvalue weighted by Gasteiger charge is -2.21. The summed E-state index contributed by atoms with van der Waals surface area (Å²) in [5.74, 6) is 3.61. The van der Waals surface area contributed by atoms with E-state index in [-0.39, 0.29) is 12.2 Å². The van der Waals surface area contributed by atoms with Crippen LogP contribution >= 0.6 is 0 Å². The van der Waals surface area contributed by atoms with Crippen LogP contribution in [0.3, 0.4) is 0 Å². The lowest BCUT2D eigenvalue weighted by atomic mass is 10.3. The SMILES string of the molecule is c1cc(OC2CCN(c3cc(N4CCC(Oc5ccncc5)C4)ncn3)C2)ccn1. The van der Waals surface area contributed by atoms with Crippen LogP contribution in [0.5, 0.6) is 11.5 Å². The Morgan fingerprint density at radius 1 is 0.700 bits per heavy atom. The van der Waals surface area contributed by atoms with Crippen LogP contribution in [-0.4, -0.2) is 58.3 Å². The van der Waals surface area contributed by atoms with Crippen molar-refractivity contribution in [1.29, 1.82) is 0 Å². The van der Waals surface area contributed by atoms with Crippen molar-refractivity contribution >= 4 is 11.6 Å². The minimum Gasteiger partial charge on any atom is -0.488 e. The Morgan fingerprint density at radius 3 is 1.63 bits per heavy atom. The van der Waals surface area contributed by atoms with E-state index in [0.717, 1.165) is 62.2 Å². The maximum Gasteiger partial charge on any atom is 0.134 e. The van der Waals surface area contributed by atoms with Crippen molar-refractivity contribution in [3.63, 3.8) is 0 Å². The zero-order chi connectivity index (χ0) is 20.2. The fourth-order valence-corrected chi connectivity index (χ4v) is 3.97. The third kappa shape index (κ3) is 4.27. The van der Waals surface area contributed by atoms with E-state index in [9.17, 15) is 0 Å². The third-order valence-corrected chi connectivity index (χ3v) is 5.48. The smallest absolute Gasteiger partial charge is 0.134 e. The Morgan fingerprint density at radius 2 is 1.17 bits per heavy atom. The van der Waals surface area contributed by atoms with E-state index in [1.54, 1.807) is 31.1 Å². The molecule has 2 aliphatic heterocycles. The molecule has 2 aliphatic rings. The van der Waals surface area contributed by atoms with Gasteiger partial charge >= 0.3 is 0 Å². The highest BCUT2D eigenvalue weighted by atomic mass is 16.5. The predicted octanol–water partition coefficient (Wildman–Crippen LogP) is 2.58. The van der Waals surface area contributed by atoms with Gasteiger partial charge in [0.2, 0.25) is 0 Å². The molecule has 2 atom stereocenters. The summed E-state index contributed by atoms with van der Waals surface area (Å²) in [6, 6.07) is 9.64. The predicted molar refractivity (Wildman–Crippen MR) is 113 cm³/mol. The van der Waals surface area contributed by atoms with Crippen molar-refractivity contribution in [2.45, 2.75) is 25.0 Å². The molecule has 5 heterocycles. The summed E-state index contributed by atoms with van der Waals surface area (Å²) >= 11 is 0. The summed E-state index contributed by atoms with van der Waals surface area (Å²) < 4.78 is 12.1. The molecule has 0 spiro atoms. The van der Waals surface area contributed by atoms with Crippen LogP contribution in [-0.2, 0) is 0 Å². The Labute approximate surface area is 175 Å². The van der Waals surface area contributed by atoms with Crippen LogP contribution in [0.2, 0.25) is 0 Å². The van der Waals surface area contributed by atoms with E-state index in [1.807, 2.05) is 24.3 Å². The number of hydrogen-bond donors (Lipinski definition) is 0. The van der Waals surface area contributed by atoms with Gasteiger partial charge in [-0.3, -0.25) is 9.97 Å². The van der Waals surface area contributed by atoms with Crippen LogP contribution in [0, 0.1) is 0 Å². The lowest BCUT2D eigenvalue weighted by molar-refractivity contribution is 0.224. The molecule has 8 nitrogen and oxygen atoms in total. The molecule has 0 saturated carbocycles. The number of hydrogen-bond acceptors (Lipinski definition) is 8. The number of rotatable bonds is 6. The summed E-state index contributed by atoms with van der Waals surface area (Å²) in [6.45, 7) is 3.46. The van der Waals surface area contributed by atoms with Gasteiger partial charge in [-0.25, -0.2) is 9.97 Å². The molecule has 0 bridgehead atoms. The molecule has 2 fully saturated rings. The van der Waals surface area contributed by atoms with Crippen LogP contribution < -0.4 is 19.3 Å². The van der Waals surface area contributed by atoms with Gasteiger partial charge in [0.15, 0.2) is 0 Å². The van der Waals surface area contributed by atoms with Gasteiger partial charge in [0.1, 0.15) is 41.7 Å². The molecule has 2 saturated heterocycles. The highest BCUT2D eigenvalue weighted by Crippen LogP contribution is 2.26. The van der Waals surface area contributed by atoms with Crippen molar-refractivity contribution in [3.05, 3.63) is 61.4 Å². The second-order valence-corrected chi connectivity index (χ2v) is 7.55. The van der Waals surface area contributed by atoms with E-state index in [4.69, 9.17) is 9.47 Å². The van der Waals surface area contributed by atoms with Crippen LogP contribution in [0.4, 0.5) is 11.6 Å². The van der Waals surface area contributed by atoms with Crippen molar-refractivity contribution in [1.82, 2.24) is 19.9 Å². The second kappa shape index (κ2) is 8.52. The monoisotopic (exact) mass is 404 g/mol. The Hall–Kier alpha value is -3.42. The normalized spacial score (nSPS) is 21.1. The van der Waals surface area contributed by atoms with E-state index in [0.29, 0.717) is 0 Å². The first-order chi connectivity index (χ1) is 14.8. The topological polar surface area (TPSA) is 76.5 Å². The minimum absolute atomic E-state index is 0.149. The quantitative estimate of drug-likeness (QED) is 0.621. The first-order valence-electron chi connectivity index (χ1n) is 10.3. The number of aromatic nitrogens is 4. The summed E-state index contributed by atoms with van der Waals surface area (Å²) in [4.78, 5) is 21.6. The number of nitrogens with zero attached hydrogens (tertiary/aromatic N) is 6. The highest BCUT2D eigenvalue weighted by Gasteiger charge is 2.28. The molecule has 0 amide bonds. The minimum atomic E-state index is 0.149. The molecule has 0 aliphatic carbocycles. The van der Waals surface area contributed by atoms with Gasteiger partial charge in [0, 0.05) is 56.8 Å².